The fourth-order valence-corrected chi connectivity index (χ4v) is 1.35. The van der Waals surface area contributed by atoms with Crippen LogP contribution in [0, 0.1) is 24.6 Å². The van der Waals surface area contributed by atoms with E-state index in [0.29, 0.717) is 6.07 Å². The highest BCUT2D eigenvalue weighted by atomic mass is 19.4. The number of halogens is 4. The smallest absolute Gasteiger partial charge is 0.396 e. The van der Waals surface area contributed by atoms with Crippen LogP contribution in [0.5, 0.6) is 0 Å². The van der Waals surface area contributed by atoms with Gasteiger partial charge in [0.25, 0.3) is 0 Å². The molecule has 0 aliphatic rings. The largest absolute Gasteiger partial charge is 0.417 e. The van der Waals surface area contributed by atoms with Gasteiger partial charge in [-0.1, -0.05) is 5.92 Å². The molecule has 0 bridgehead atoms. The van der Waals surface area contributed by atoms with E-state index in [-0.39, 0.29) is 0 Å². The molecular weight excluding hydrogens is 222 g/mol. The first-order valence-corrected chi connectivity index (χ1v) is 4.12. The molecule has 0 amide bonds. The van der Waals surface area contributed by atoms with Crippen molar-refractivity contribution in [2.24, 2.45) is 0 Å². The van der Waals surface area contributed by atoms with Gasteiger partial charge in [-0.05, 0) is 19.8 Å². The molecule has 86 valence electrons. The van der Waals surface area contributed by atoms with Gasteiger partial charge >= 0.3 is 6.18 Å². The van der Waals surface area contributed by atoms with Crippen LogP contribution in [0.1, 0.15) is 27.7 Å². The van der Waals surface area contributed by atoms with Gasteiger partial charge < -0.3 is 5.73 Å². The van der Waals surface area contributed by atoms with Gasteiger partial charge in [0.2, 0.25) is 0 Å². The highest BCUT2D eigenvalue weighted by Gasteiger charge is 2.36. The van der Waals surface area contributed by atoms with E-state index in [4.69, 9.17) is 9.85 Å². The number of nitrogens with two attached hydrogens (primary N) is 1. The number of nitrogen functional groups attached to an aromatic ring is 1. The van der Waals surface area contributed by atoms with Crippen molar-refractivity contribution in [3.8, 4) is 11.8 Å². The maximum absolute atomic E-state index is 13.4. The number of alkyl halides is 3. The Morgan fingerprint density at radius 1 is 1.44 bits per heavy atom. The minimum Gasteiger partial charge on any atom is -0.396 e. The predicted octanol–water partition coefficient (Wildman–Crippen LogP) is 3.11. The molecule has 5 heteroatoms. The molecule has 2 N–H and O–H groups in total. The molecule has 1 aromatic rings. The van der Waals surface area contributed by atoms with E-state index < -0.39 is 41.2 Å². The van der Waals surface area contributed by atoms with Gasteiger partial charge in [0.15, 0.2) is 0 Å². The van der Waals surface area contributed by atoms with Gasteiger partial charge in [0, 0.05) is 15.2 Å². The van der Waals surface area contributed by atoms with Crippen LogP contribution >= 0.6 is 0 Å². The van der Waals surface area contributed by atoms with Crippen molar-refractivity contribution in [2.75, 3.05) is 5.73 Å². The summed E-state index contributed by atoms with van der Waals surface area (Å²) in [6.07, 6.45) is -4.85. The molecule has 0 saturated carbocycles. The van der Waals surface area contributed by atoms with Crippen LogP contribution in [0.4, 0.5) is 23.2 Å². The summed E-state index contributed by atoms with van der Waals surface area (Å²) >= 11 is 0. The molecule has 0 aromatic heterocycles. The van der Waals surface area contributed by atoms with E-state index in [2.05, 4.69) is 0 Å². The Morgan fingerprint density at radius 2 is 2.06 bits per heavy atom. The Morgan fingerprint density at radius 3 is 2.56 bits per heavy atom. The average Bonchev–Trinajstić information content (AvgIpc) is 2.19. The summed E-state index contributed by atoms with van der Waals surface area (Å²) in [4.78, 5) is 0. The lowest BCUT2D eigenvalue weighted by molar-refractivity contribution is -0.138. The topological polar surface area (TPSA) is 26.0 Å². The van der Waals surface area contributed by atoms with Crippen LogP contribution in [-0.4, -0.2) is 0 Å². The van der Waals surface area contributed by atoms with Crippen LogP contribution in [-0.2, 0) is 6.18 Å². The van der Waals surface area contributed by atoms with Gasteiger partial charge in [-0.3, -0.25) is 0 Å². The first kappa shape index (κ1) is 8.45. The molecule has 1 aromatic carbocycles. The third kappa shape index (κ3) is 2.11. The maximum atomic E-state index is 13.4. The van der Waals surface area contributed by atoms with E-state index in [1.54, 1.807) is 5.92 Å². The molecule has 1 rings (SSSR count). The van der Waals surface area contributed by atoms with E-state index in [9.17, 15) is 17.6 Å². The third-order valence-corrected chi connectivity index (χ3v) is 2.01. The Kier molecular flexibility index (Phi) is 2.14. The summed E-state index contributed by atoms with van der Waals surface area (Å²) in [5.41, 5.74) is 2.04. The molecule has 0 spiro atoms. The zero-order valence-corrected chi connectivity index (χ0v) is 8.17. The summed E-state index contributed by atoms with van der Waals surface area (Å²) in [6.45, 7) is -1.80. The molecule has 0 aliphatic heterocycles. The summed E-state index contributed by atoms with van der Waals surface area (Å²) in [5.74, 6) is 2.40. The normalized spacial score (nSPS) is 14.4. The van der Waals surface area contributed by atoms with Crippen LogP contribution < -0.4 is 5.73 Å². The minimum atomic E-state index is -4.85. The molecule has 0 radical (unpaired) electrons. The number of hydrogen-bond donors (Lipinski definition) is 1. The first-order chi connectivity index (χ1) is 8.43. The molecule has 0 unspecified atom stereocenters. The quantitative estimate of drug-likeness (QED) is 0.416. The summed E-state index contributed by atoms with van der Waals surface area (Å²) in [6, 6.07) is 0.684. The van der Waals surface area contributed by atoms with E-state index in [1.165, 1.54) is 0 Å². The van der Waals surface area contributed by atoms with Gasteiger partial charge in [0.1, 0.15) is 5.82 Å². The maximum Gasteiger partial charge on any atom is 0.417 e. The van der Waals surface area contributed by atoms with Crippen LogP contribution in [0.25, 0.3) is 0 Å². The van der Waals surface area contributed by atoms with Crippen molar-refractivity contribution >= 4 is 5.69 Å². The van der Waals surface area contributed by atoms with Crippen molar-refractivity contribution < 1.29 is 21.7 Å². The van der Waals surface area contributed by atoms with E-state index >= 15 is 0 Å². The molecule has 0 saturated heterocycles. The minimum absolute atomic E-state index is 0.514. The lowest BCUT2D eigenvalue weighted by Gasteiger charge is -2.14. The molecule has 0 heterocycles. The highest BCUT2D eigenvalue weighted by molar-refractivity contribution is 5.57. The third-order valence-electron chi connectivity index (χ3n) is 2.01. The van der Waals surface area contributed by atoms with Crippen LogP contribution in [0.2, 0.25) is 0 Å². The Labute approximate surface area is 94.5 Å². The lowest BCUT2D eigenvalue weighted by atomic mass is 10.00. The van der Waals surface area contributed by atoms with Gasteiger partial charge in [-0.25, -0.2) is 4.39 Å². The Balaban J connectivity index is 3.59. The fraction of sp³-hybridized carbons (Fsp3) is 0.273. The number of rotatable bonds is 0. The fourth-order valence-electron chi connectivity index (χ4n) is 1.35. The first-order valence-electron chi connectivity index (χ1n) is 5.62. The zero-order chi connectivity index (χ0) is 15.0. The van der Waals surface area contributed by atoms with Gasteiger partial charge in [-0.15, -0.1) is 5.92 Å². The number of anilines is 1. The average molecular weight is 234 g/mol. The van der Waals surface area contributed by atoms with Crippen LogP contribution in [0.15, 0.2) is 6.07 Å². The van der Waals surface area contributed by atoms with E-state index in [0.717, 1.165) is 6.92 Å². The summed E-state index contributed by atoms with van der Waals surface area (Å²) in [7, 11) is 0. The Bertz CT molecular complexity index is 565. The van der Waals surface area contributed by atoms with Crippen LogP contribution in [0.3, 0.4) is 0 Å². The highest BCUT2D eigenvalue weighted by Crippen LogP contribution is 2.36. The Hall–Kier alpha value is -1.70. The standard InChI is InChI=1S/C11H9F4N/c1-3-4-7-5-8(16)10(12)6(2)9(7)11(13,14)15/h5H,16H2,1-2H3/i1D3. The SMILES string of the molecule is [2H]C([2H])([2H])C#Cc1cc(N)c(F)c(C)c1C(F)(F)F. The molecule has 0 aliphatic carbocycles. The predicted molar refractivity (Wildman–Crippen MR) is 53.1 cm³/mol. The lowest BCUT2D eigenvalue weighted by Crippen LogP contribution is -2.13. The zero-order valence-electron chi connectivity index (χ0n) is 11.2. The second kappa shape index (κ2) is 4.05. The van der Waals surface area contributed by atoms with Crippen molar-refractivity contribution in [1.29, 1.82) is 0 Å². The number of hydrogen-bond acceptors (Lipinski definition) is 1. The van der Waals surface area contributed by atoms with Gasteiger partial charge in [0.05, 0.1) is 11.3 Å². The number of benzene rings is 1. The molecule has 0 atom stereocenters. The molecular formula is C11H9F4N. The second-order valence-electron chi connectivity index (χ2n) is 3.08. The van der Waals surface area contributed by atoms with Crippen molar-refractivity contribution in [3.63, 3.8) is 0 Å². The molecule has 16 heavy (non-hydrogen) atoms. The van der Waals surface area contributed by atoms with Gasteiger partial charge in [-0.2, -0.15) is 13.2 Å². The second-order valence-corrected chi connectivity index (χ2v) is 3.08. The van der Waals surface area contributed by atoms with Crippen molar-refractivity contribution in [2.45, 2.75) is 20.0 Å². The summed E-state index contributed by atoms with van der Waals surface area (Å²) < 4.78 is 72.4. The van der Waals surface area contributed by atoms with Crippen molar-refractivity contribution in [3.05, 3.63) is 28.6 Å². The van der Waals surface area contributed by atoms with Crippen molar-refractivity contribution in [1.82, 2.24) is 0 Å². The molecule has 1 nitrogen and oxygen atoms in total. The monoisotopic (exact) mass is 234 g/mol. The summed E-state index contributed by atoms with van der Waals surface area (Å²) in [5, 5.41) is 0. The van der Waals surface area contributed by atoms with E-state index in [1.807, 2.05) is 5.92 Å². The molecule has 0 fully saturated rings.